The van der Waals surface area contributed by atoms with E-state index in [1.54, 1.807) is 6.07 Å². The van der Waals surface area contributed by atoms with Crippen LogP contribution in [0.1, 0.15) is 30.1 Å². The summed E-state index contributed by atoms with van der Waals surface area (Å²) in [6, 6.07) is 2.24. The van der Waals surface area contributed by atoms with E-state index >= 15 is 0 Å². The fourth-order valence-corrected chi connectivity index (χ4v) is 2.97. The van der Waals surface area contributed by atoms with Gasteiger partial charge in [-0.25, -0.2) is 0 Å². The molecular formula is C13H18N2O3S. The van der Waals surface area contributed by atoms with E-state index in [0.717, 1.165) is 19.4 Å². The van der Waals surface area contributed by atoms with Crippen LogP contribution in [0.2, 0.25) is 0 Å². The van der Waals surface area contributed by atoms with Crippen LogP contribution in [0.3, 0.4) is 0 Å². The normalized spacial score (nSPS) is 22.0. The van der Waals surface area contributed by atoms with Gasteiger partial charge in [0.25, 0.3) is 5.91 Å². The third kappa shape index (κ3) is 3.54. The van der Waals surface area contributed by atoms with Gasteiger partial charge in [0.2, 0.25) is 0 Å². The number of carboxylic acid groups (broad SMARTS) is 1. The average Bonchev–Trinajstić information content (AvgIpc) is 2.83. The highest BCUT2D eigenvalue weighted by molar-refractivity contribution is 7.08. The van der Waals surface area contributed by atoms with Gasteiger partial charge in [0, 0.05) is 23.0 Å². The molecule has 1 aromatic heterocycles. The summed E-state index contributed by atoms with van der Waals surface area (Å²) >= 11 is 1.50. The van der Waals surface area contributed by atoms with E-state index in [1.165, 1.54) is 11.3 Å². The lowest BCUT2D eigenvalue weighted by molar-refractivity contribution is -0.139. The summed E-state index contributed by atoms with van der Waals surface area (Å²) in [7, 11) is 0. The molecule has 1 heterocycles. The standard InChI is InChI=1S/C13H18N2O3S/c1-2-15(7-12(16)17)11-5-10(6-11)14-13(18)9-3-4-19-8-9/h3-4,8,10-11H,2,5-7H2,1H3,(H,14,18)(H,16,17). The molecule has 0 spiro atoms. The number of likely N-dealkylation sites (N-methyl/N-ethyl adjacent to an activating group) is 1. The Morgan fingerprint density at radius 2 is 2.26 bits per heavy atom. The number of carboxylic acids is 1. The van der Waals surface area contributed by atoms with Crippen molar-refractivity contribution < 1.29 is 14.7 Å². The van der Waals surface area contributed by atoms with Gasteiger partial charge in [-0.05, 0) is 30.8 Å². The summed E-state index contributed by atoms with van der Waals surface area (Å²) in [5.74, 6) is -0.835. The minimum atomic E-state index is -0.799. The van der Waals surface area contributed by atoms with Gasteiger partial charge in [-0.3, -0.25) is 14.5 Å². The summed E-state index contributed by atoms with van der Waals surface area (Å²) in [5.41, 5.74) is 0.700. The molecule has 1 aliphatic rings. The predicted octanol–water partition coefficient (Wildman–Crippen LogP) is 1.42. The van der Waals surface area contributed by atoms with Crippen molar-refractivity contribution in [3.05, 3.63) is 22.4 Å². The zero-order valence-electron chi connectivity index (χ0n) is 10.8. The van der Waals surface area contributed by atoms with Crippen molar-refractivity contribution in [2.45, 2.75) is 31.8 Å². The van der Waals surface area contributed by atoms with Gasteiger partial charge < -0.3 is 10.4 Å². The Balaban J connectivity index is 1.76. The molecule has 2 N–H and O–H groups in total. The Bertz CT molecular complexity index is 441. The number of carbonyl (C=O) groups excluding carboxylic acids is 1. The molecule has 0 unspecified atom stereocenters. The maximum absolute atomic E-state index is 11.8. The quantitative estimate of drug-likeness (QED) is 0.828. The number of aliphatic carboxylic acids is 1. The van der Waals surface area contributed by atoms with Crippen LogP contribution in [0.25, 0.3) is 0 Å². The van der Waals surface area contributed by atoms with Gasteiger partial charge >= 0.3 is 5.97 Å². The third-order valence-corrected chi connectivity index (χ3v) is 4.18. The lowest BCUT2D eigenvalue weighted by atomic mass is 9.85. The highest BCUT2D eigenvalue weighted by Crippen LogP contribution is 2.25. The average molecular weight is 282 g/mol. The molecular weight excluding hydrogens is 264 g/mol. The first-order valence-electron chi connectivity index (χ1n) is 6.39. The second-order valence-electron chi connectivity index (χ2n) is 4.76. The van der Waals surface area contributed by atoms with Crippen molar-refractivity contribution in [2.75, 3.05) is 13.1 Å². The van der Waals surface area contributed by atoms with Gasteiger partial charge in [0.05, 0.1) is 6.54 Å². The summed E-state index contributed by atoms with van der Waals surface area (Å²) in [6.45, 7) is 2.76. The molecule has 0 saturated heterocycles. The smallest absolute Gasteiger partial charge is 0.317 e. The van der Waals surface area contributed by atoms with E-state index < -0.39 is 5.97 Å². The predicted molar refractivity (Wildman–Crippen MR) is 73.5 cm³/mol. The van der Waals surface area contributed by atoms with E-state index in [2.05, 4.69) is 5.32 Å². The van der Waals surface area contributed by atoms with Crippen LogP contribution in [-0.2, 0) is 4.79 Å². The van der Waals surface area contributed by atoms with Crippen LogP contribution >= 0.6 is 11.3 Å². The molecule has 0 aliphatic heterocycles. The SMILES string of the molecule is CCN(CC(=O)O)C1CC(NC(=O)c2ccsc2)C1. The number of thiophene rings is 1. The Hall–Kier alpha value is -1.40. The maximum atomic E-state index is 11.8. The Kier molecular flexibility index (Phi) is 4.55. The van der Waals surface area contributed by atoms with Crippen LogP contribution in [0.4, 0.5) is 0 Å². The largest absolute Gasteiger partial charge is 0.480 e. The number of amides is 1. The van der Waals surface area contributed by atoms with Crippen LogP contribution in [-0.4, -0.2) is 47.1 Å². The second-order valence-corrected chi connectivity index (χ2v) is 5.54. The number of nitrogens with one attached hydrogen (secondary N) is 1. The molecule has 1 saturated carbocycles. The van der Waals surface area contributed by atoms with Crippen molar-refractivity contribution >= 4 is 23.2 Å². The van der Waals surface area contributed by atoms with Crippen molar-refractivity contribution in [3.63, 3.8) is 0 Å². The number of hydrogen-bond donors (Lipinski definition) is 2. The van der Waals surface area contributed by atoms with E-state index in [0.29, 0.717) is 5.56 Å². The molecule has 1 aromatic rings. The maximum Gasteiger partial charge on any atom is 0.317 e. The zero-order chi connectivity index (χ0) is 13.8. The van der Waals surface area contributed by atoms with E-state index in [-0.39, 0.29) is 24.5 Å². The van der Waals surface area contributed by atoms with Gasteiger partial charge in [0.1, 0.15) is 0 Å². The Morgan fingerprint density at radius 1 is 1.53 bits per heavy atom. The van der Waals surface area contributed by atoms with Crippen molar-refractivity contribution in [1.29, 1.82) is 0 Å². The molecule has 0 atom stereocenters. The molecule has 1 aliphatic carbocycles. The Morgan fingerprint density at radius 3 is 2.79 bits per heavy atom. The summed E-state index contributed by atoms with van der Waals surface area (Å²) in [6.07, 6.45) is 1.66. The number of carbonyl (C=O) groups is 2. The van der Waals surface area contributed by atoms with Gasteiger partial charge in [-0.2, -0.15) is 11.3 Å². The molecule has 6 heteroatoms. The molecule has 0 bridgehead atoms. The van der Waals surface area contributed by atoms with Crippen LogP contribution < -0.4 is 5.32 Å². The lowest BCUT2D eigenvalue weighted by Crippen LogP contribution is -2.54. The van der Waals surface area contributed by atoms with Crippen LogP contribution in [0.5, 0.6) is 0 Å². The molecule has 104 valence electrons. The molecule has 1 fully saturated rings. The van der Waals surface area contributed by atoms with E-state index in [9.17, 15) is 9.59 Å². The third-order valence-electron chi connectivity index (χ3n) is 3.49. The van der Waals surface area contributed by atoms with Crippen LogP contribution in [0.15, 0.2) is 16.8 Å². The van der Waals surface area contributed by atoms with Gasteiger partial charge in [-0.1, -0.05) is 6.92 Å². The number of rotatable bonds is 6. The fraction of sp³-hybridized carbons (Fsp3) is 0.538. The van der Waals surface area contributed by atoms with Crippen LogP contribution in [0, 0.1) is 0 Å². The lowest BCUT2D eigenvalue weighted by Gasteiger charge is -2.42. The summed E-state index contributed by atoms with van der Waals surface area (Å²) < 4.78 is 0. The zero-order valence-corrected chi connectivity index (χ0v) is 11.7. The number of hydrogen-bond acceptors (Lipinski definition) is 4. The molecule has 0 radical (unpaired) electrons. The van der Waals surface area contributed by atoms with E-state index in [4.69, 9.17) is 5.11 Å². The number of nitrogens with zero attached hydrogens (tertiary/aromatic N) is 1. The molecule has 19 heavy (non-hydrogen) atoms. The Labute approximate surface area is 116 Å². The first-order valence-corrected chi connectivity index (χ1v) is 7.33. The van der Waals surface area contributed by atoms with Crippen molar-refractivity contribution in [1.82, 2.24) is 10.2 Å². The topological polar surface area (TPSA) is 69.6 Å². The minimum absolute atomic E-state index is 0.0361. The second kappa shape index (κ2) is 6.16. The monoisotopic (exact) mass is 282 g/mol. The highest BCUT2D eigenvalue weighted by Gasteiger charge is 2.34. The first kappa shape index (κ1) is 14.0. The first-order chi connectivity index (χ1) is 9.10. The molecule has 1 amide bonds. The van der Waals surface area contributed by atoms with Crippen molar-refractivity contribution in [2.24, 2.45) is 0 Å². The minimum Gasteiger partial charge on any atom is -0.480 e. The fourth-order valence-electron chi connectivity index (χ4n) is 2.34. The summed E-state index contributed by atoms with van der Waals surface area (Å²) in [5, 5.41) is 15.5. The highest BCUT2D eigenvalue weighted by atomic mass is 32.1. The summed E-state index contributed by atoms with van der Waals surface area (Å²) in [4.78, 5) is 24.5. The van der Waals surface area contributed by atoms with Crippen molar-refractivity contribution in [3.8, 4) is 0 Å². The van der Waals surface area contributed by atoms with Gasteiger partial charge in [0.15, 0.2) is 0 Å². The molecule has 5 nitrogen and oxygen atoms in total. The molecule has 2 rings (SSSR count). The van der Waals surface area contributed by atoms with Gasteiger partial charge in [-0.15, -0.1) is 0 Å². The molecule has 0 aromatic carbocycles. The van der Waals surface area contributed by atoms with E-state index in [1.807, 2.05) is 22.6 Å².